The Morgan fingerprint density at radius 3 is 2.36 bits per heavy atom. The van der Waals surface area contributed by atoms with Crippen molar-refractivity contribution in [2.24, 2.45) is 11.8 Å². The van der Waals surface area contributed by atoms with E-state index in [-0.39, 0.29) is 11.8 Å². The molecule has 1 amide bonds. The zero-order chi connectivity index (χ0) is 15.9. The second-order valence-electron chi connectivity index (χ2n) is 7.18. The van der Waals surface area contributed by atoms with Gasteiger partial charge in [-0.05, 0) is 25.2 Å². The highest BCUT2D eigenvalue weighted by atomic mass is 16.4. The first-order valence-corrected chi connectivity index (χ1v) is 8.79. The SMILES string of the molecule is CC1CC(C(=O)O)CN(CC(=O)NC2CCCCCCC2)C1. The number of nitrogens with one attached hydrogen (secondary N) is 1. The lowest BCUT2D eigenvalue weighted by Crippen LogP contribution is -2.48. The van der Waals surface area contributed by atoms with Crippen LogP contribution in [0.25, 0.3) is 0 Å². The van der Waals surface area contributed by atoms with Crippen molar-refractivity contribution in [1.82, 2.24) is 10.2 Å². The van der Waals surface area contributed by atoms with E-state index < -0.39 is 5.97 Å². The molecule has 1 aliphatic carbocycles. The van der Waals surface area contributed by atoms with E-state index in [2.05, 4.69) is 12.2 Å². The van der Waals surface area contributed by atoms with E-state index in [0.717, 1.165) is 25.8 Å². The quantitative estimate of drug-likeness (QED) is 0.835. The Morgan fingerprint density at radius 1 is 1.09 bits per heavy atom. The molecule has 2 atom stereocenters. The number of piperidine rings is 1. The monoisotopic (exact) mass is 310 g/mol. The average Bonchev–Trinajstić information content (AvgIpc) is 2.40. The lowest BCUT2D eigenvalue weighted by atomic mass is 9.90. The van der Waals surface area contributed by atoms with Gasteiger partial charge in [0.05, 0.1) is 12.5 Å². The molecule has 1 saturated carbocycles. The molecule has 126 valence electrons. The van der Waals surface area contributed by atoms with E-state index >= 15 is 0 Å². The van der Waals surface area contributed by atoms with Crippen LogP contribution in [0.15, 0.2) is 0 Å². The zero-order valence-electron chi connectivity index (χ0n) is 13.7. The van der Waals surface area contributed by atoms with Gasteiger partial charge in [-0.2, -0.15) is 0 Å². The van der Waals surface area contributed by atoms with Crippen LogP contribution in [0, 0.1) is 11.8 Å². The van der Waals surface area contributed by atoms with Gasteiger partial charge in [0.2, 0.25) is 5.91 Å². The predicted molar refractivity (Wildman–Crippen MR) is 85.6 cm³/mol. The number of carboxylic acid groups (broad SMARTS) is 1. The molecule has 5 heteroatoms. The zero-order valence-corrected chi connectivity index (χ0v) is 13.7. The topological polar surface area (TPSA) is 69.6 Å². The van der Waals surface area contributed by atoms with Gasteiger partial charge in [-0.25, -0.2) is 0 Å². The largest absolute Gasteiger partial charge is 0.481 e. The van der Waals surface area contributed by atoms with Crippen molar-refractivity contribution in [3.63, 3.8) is 0 Å². The van der Waals surface area contributed by atoms with Gasteiger partial charge < -0.3 is 10.4 Å². The summed E-state index contributed by atoms with van der Waals surface area (Å²) in [5.74, 6) is -0.678. The van der Waals surface area contributed by atoms with Crippen molar-refractivity contribution in [2.75, 3.05) is 19.6 Å². The summed E-state index contributed by atoms with van der Waals surface area (Å²) in [6, 6.07) is 0.310. The molecule has 1 saturated heterocycles. The van der Waals surface area contributed by atoms with E-state index in [1.807, 2.05) is 4.90 Å². The summed E-state index contributed by atoms with van der Waals surface area (Å²) >= 11 is 0. The predicted octanol–water partition coefficient (Wildman–Crippen LogP) is 2.26. The molecule has 0 radical (unpaired) electrons. The molecular weight excluding hydrogens is 280 g/mol. The summed E-state index contributed by atoms with van der Waals surface area (Å²) < 4.78 is 0. The number of amides is 1. The number of carbonyl (C=O) groups excluding carboxylic acids is 1. The van der Waals surface area contributed by atoms with Crippen molar-refractivity contribution in [3.8, 4) is 0 Å². The molecule has 2 unspecified atom stereocenters. The van der Waals surface area contributed by atoms with Crippen LogP contribution in [0.3, 0.4) is 0 Å². The number of likely N-dealkylation sites (tertiary alicyclic amines) is 1. The van der Waals surface area contributed by atoms with E-state index in [9.17, 15) is 14.7 Å². The van der Waals surface area contributed by atoms with Crippen molar-refractivity contribution in [2.45, 2.75) is 64.3 Å². The molecule has 1 aliphatic heterocycles. The Morgan fingerprint density at radius 2 is 1.73 bits per heavy atom. The molecule has 2 N–H and O–H groups in total. The highest BCUT2D eigenvalue weighted by Gasteiger charge is 2.30. The van der Waals surface area contributed by atoms with Gasteiger partial charge in [0.1, 0.15) is 0 Å². The van der Waals surface area contributed by atoms with E-state index in [0.29, 0.717) is 25.0 Å². The minimum atomic E-state index is -0.739. The van der Waals surface area contributed by atoms with Gasteiger partial charge in [0.15, 0.2) is 0 Å². The maximum Gasteiger partial charge on any atom is 0.307 e. The highest BCUT2D eigenvalue weighted by Crippen LogP contribution is 2.22. The maximum atomic E-state index is 12.3. The van der Waals surface area contributed by atoms with Gasteiger partial charge >= 0.3 is 5.97 Å². The lowest BCUT2D eigenvalue weighted by Gasteiger charge is -2.34. The molecule has 0 aromatic carbocycles. The molecule has 2 rings (SSSR count). The molecule has 0 aromatic rings. The molecule has 2 fully saturated rings. The Bertz CT molecular complexity index is 378. The maximum absolute atomic E-state index is 12.3. The fraction of sp³-hybridized carbons (Fsp3) is 0.882. The van der Waals surface area contributed by atoms with E-state index in [1.165, 1.54) is 32.1 Å². The second kappa shape index (κ2) is 8.51. The van der Waals surface area contributed by atoms with Crippen molar-refractivity contribution in [3.05, 3.63) is 0 Å². The van der Waals surface area contributed by atoms with Crippen LogP contribution in [-0.4, -0.2) is 47.6 Å². The first-order valence-electron chi connectivity index (χ1n) is 8.79. The first kappa shape index (κ1) is 17.3. The Hall–Kier alpha value is -1.10. The molecule has 0 spiro atoms. The lowest BCUT2D eigenvalue weighted by molar-refractivity contribution is -0.145. The average molecular weight is 310 g/mol. The van der Waals surface area contributed by atoms with Crippen LogP contribution >= 0.6 is 0 Å². The highest BCUT2D eigenvalue weighted by molar-refractivity contribution is 5.78. The van der Waals surface area contributed by atoms with Gasteiger partial charge in [-0.1, -0.05) is 39.0 Å². The normalized spacial score (nSPS) is 28.6. The van der Waals surface area contributed by atoms with Gasteiger partial charge in [0, 0.05) is 19.1 Å². The number of carbonyl (C=O) groups is 2. The number of aliphatic carboxylic acids is 1. The van der Waals surface area contributed by atoms with Crippen molar-refractivity contribution < 1.29 is 14.7 Å². The van der Waals surface area contributed by atoms with Crippen molar-refractivity contribution >= 4 is 11.9 Å². The number of carboxylic acids is 1. The van der Waals surface area contributed by atoms with Gasteiger partial charge in [-0.15, -0.1) is 0 Å². The Kier molecular flexibility index (Phi) is 6.68. The minimum absolute atomic E-state index is 0.0591. The minimum Gasteiger partial charge on any atom is -0.481 e. The van der Waals surface area contributed by atoms with E-state index in [1.54, 1.807) is 0 Å². The van der Waals surface area contributed by atoms with Gasteiger partial charge in [0.25, 0.3) is 0 Å². The molecule has 0 aromatic heterocycles. The second-order valence-corrected chi connectivity index (χ2v) is 7.18. The van der Waals surface area contributed by atoms with Crippen LogP contribution in [0.2, 0.25) is 0 Å². The standard InChI is InChI=1S/C17H30N2O3/c1-13-9-14(17(21)22)11-19(10-13)12-16(20)18-15-7-5-3-2-4-6-8-15/h13-15H,2-12H2,1H3,(H,18,20)(H,21,22). The van der Waals surface area contributed by atoms with Gasteiger partial charge in [-0.3, -0.25) is 14.5 Å². The van der Waals surface area contributed by atoms with Crippen LogP contribution in [0.4, 0.5) is 0 Å². The number of hydrogen-bond donors (Lipinski definition) is 2. The number of rotatable bonds is 4. The smallest absolute Gasteiger partial charge is 0.307 e. The third-order valence-electron chi connectivity index (χ3n) is 4.92. The summed E-state index contributed by atoms with van der Waals surface area (Å²) in [4.78, 5) is 25.5. The Labute approximate surface area is 133 Å². The first-order chi connectivity index (χ1) is 10.5. The molecule has 22 heavy (non-hydrogen) atoms. The van der Waals surface area contributed by atoms with Crippen LogP contribution < -0.4 is 5.32 Å². The van der Waals surface area contributed by atoms with Crippen LogP contribution in [-0.2, 0) is 9.59 Å². The summed E-state index contributed by atoms with van der Waals surface area (Å²) in [5, 5.41) is 12.4. The molecule has 1 heterocycles. The van der Waals surface area contributed by atoms with Crippen molar-refractivity contribution in [1.29, 1.82) is 0 Å². The third-order valence-corrected chi connectivity index (χ3v) is 4.92. The third kappa shape index (κ3) is 5.59. The summed E-state index contributed by atoms with van der Waals surface area (Å²) in [6.45, 7) is 3.72. The Balaban J connectivity index is 1.78. The fourth-order valence-electron chi connectivity index (χ4n) is 3.85. The molecule has 5 nitrogen and oxygen atoms in total. The van der Waals surface area contributed by atoms with Crippen LogP contribution in [0.5, 0.6) is 0 Å². The summed E-state index contributed by atoms with van der Waals surface area (Å²) in [5.41, 5.74) is 0. The van der Waals surface area contributed by atoms with E-state index in [4.69, 9.17) is 0 Å². The summed E-state index contributed by atoms with van der Waals surface area (Å²) in [6.07, 6.45) is 9.16. The number of hydrogen-bond acceptors (Lipinski definition) is 3. The summed E-state index contributed by atoms with van der Waals surface area (Å²) in [7, 11) is 0. The molecular formula is C17H30N2O3. The fourth-order valence-corrected chi connectivity index (χ4v) is 3.85. The molecule has 2 aliphatic rings. The molecule has 0 bridgehead atoms. The van der Waals surface area contributed by atoms with Crippen LogP contribution in [0.1, 0.15) is 58.3 Å². The number of nitrogens with zero attached hydrogens (tertiary/aromatic N) is 1.